The van der Waals surface area contributed by atoms with E-state index in [2.05, 4.69) is 19.2 Å². The largest absolute Gasteiger partial charge is 0.489 e. The molecular formula is C16H26ClNO3. The lowest BCUT2D eigenvalue weighted by Gasteiger charge is -2.16. The summed E-state index contributed by atoms with van der Waals surface area (Å²) in [6, 6.07) is 5.98. The van der Waals surface area contributed by atoms with E-state index in [0.717, 1.165) is 18.5 Å². The van der Waals surface area contributed by atoms with Crippen molar-refractivity contribution in [2.24, 2.45) is 0 Å². The molecule has 5 heteroatoms. The molecule has 120 valence electrons. The number of nitrogens with one attached hydrogen (secondary N) is 1. The number of ether oxygens (including phenoxy) is 2. The lowest BCUT2D eigenvalue weighted by molar-refractivity contribution is 0.0164. The second-order valence-electron chi connectivity index (χ2n) is 4.99. The summed E-state index contributed by atoms with van der Waals surface area (Å²) in [5, 5.41) is 13.6. The summed E-state index contributed by atoms with van der Waals surface area (Å²) < 4.78 is 10.7. The monoisotopic (exact) mass is 315 g/mol. The van der Waals surface area contributed by atoms with Gasteiger partial charge >= 0.3 is 0 Å². The van der Waals surface area contributed by atoms with Crippen LogP contribution in [0.1, 0.15) is 38.8 Å². The van der Waals surface area contributed by atoms with Gasteiger partial charge in [-0.15, -0.1) is 0 Å². The van der Waals surface area contributed by atoms with E-state index in [0.29, 0.717) is 17.4 Å². The summed E-state index contributed by atoms with van der Waals surface area (Å²) in [6.45, 7) is 8.12. The van der Waals surface area contributed by atoms with Gasteiger partial charge in [-0.05, 0) is 44.5 Å². The summed E-state index contributed by atoms with van der Waals surface area (Å²) in [7, 11) is 0. The van der Waals surface area contributed by atoms with Crippen LogP contribution >= 0.6 is 11.6 Å². The Morgan fingerprint density at radius 1 is 1.29 bits per heavy atom. The highest BCUT2D eigenvalue weighted by molar-refractivity contribution is 6.32. The Morgan fingerprint density at radius 3 is 2.67 bits per heavy atom. The van der Waals surface area contributed by atoms with Crippen molar-refractivity contribution >= 4 is 11.6 Å². The third kappa shape index (κ3) is 6.66. The average molecular weight is 316 g/mol. The number of aliphatic hydroxyl groups is 1. The molecule has 2 unspecified atom stereocenters. The third-order valence-corrected chi connectivity index (χ3v) is 3.40. The van der Waals surface area contributed by atoms with E-state index in [-0.39, 0.29) is 19.3 Å². The van der Waals surface area contributed by atoms with E-state index in [1.165, 1.54) is 0 Å². The smallest absolute Gasteiger partial charge is 0.138 e. The molecule has 0 radical (unpaired) electrons. The first-order chi connectivity index (χ1) is 10.1. The maximum atomic E-state index is 9.67. The number of hydrogen-bond acceptors (Lipinski definition) is 4. The minimum atomic E-state index is -0.647. The highest BCUT2D eigenvalue weighted by Crippen LogP contribution is 2.28. The van der Waals surface area contributed by atoms with Crippen LogP contribution in [0.5, 0.6) is 5.75 Å². The first kappa shape index (κ1) is 18.2. The van der Waals surface area contributed by atoms with Gasteiger partial charge in [0.15, 0.2) is 0 Å². The van der Waals surface area contributed by atoms with Crippen LogP contribution in [0.25, 0.3) is 0 Å². The molecular weight excluding hydrogens is 290 g/mol. The van der Waals surface area contributed by atoms with Gasteiger partial charge in [0, 0.05) is 12.6 Å². The van der Waals surface area contributed by atoms with Gasteiger partial charge in [0.1, 0.15) is 18.5 Å². The van der Waals surface area contributed by atoms with Crippen LogP contribution in [0, 0.1) is 0 Å². The molecule has 2 N–H and O–H groups in total. The van der Waals surface area contributed by atoms with Crippen molar-refractivity contribution in [2.75, 3.05) is 26.4 Å². The molecule has 0 heterocycles. The van der Waals surface area contributed by atoms with Gasteiger partial charge in [-0.25, -0.2) is 0 Å². The minimum absolute atomic E-state index is 0.169. The van der Waals surface area contributed by atoms with Crippen molar-refractivity contribution in [2.45, 2.75) is 39.3 Å². The number of hydrogen-bond donors (Lipinski definition) is 2. The third-order valence-electron chi connectivity index (χ3n) is 3.10. The molecule has 0 saturated heterocycles. The Labute approximate surface area is 132 Å². The summed E-state index contributed by atoms with van der Waals surface area (Å²) in [4.78, 5) is 0. The zero-order valence-corrected chi connectivity index (χ0v) is 13.8. The Bertz CT molecular complexity index is 415. The molecule has 0 bridgehead atoms. The van der Waals surface area contributed by atoms with Crippen molar-refractivity contribution in [1.29, 1.82) is 0 Å². The van der Waals surface area contributed by atoms with E-state index < -0.39 is 6.10 Å². The number of halogens is 1. The van der Waals surface area contributed by atoms with Crippen molar-refractivity contribution in [1.82, 2.24) is 5.32 Å². The van der Waals surface area contributed by atoms with Crippen LogP contribution in [0.3, 0.4) is 0 Å². The van der Waals surface area contributed by atoms with E-state index in [4.69, 9.17) is 21.1 Å². The van der Waals surface area contributed by atoms with Crippen molar-refractivity contribution in [3.8, 4) is 5.75 Å². The van der Waals surface area contributed by atoms with Crippen LogP contribution < -0.4 is 10.1 Å². The fraction of sp³-hybridized carbons (Fsp3) is 0.625. The summed E-state index contributed by atoms with van der Waals surface area (Å²) in [5.74, 6) is 0.582. The first-order valence-corrected chi connectivity index (χ1v) is 7.87. The van der Waals surface area contributed by atoms with Crippen LogP contribution in [0.4, 0.5) is 0 Å². The Hall–Kier alpha value is -0.810. The van der Waals surface area contributed by atoms with Gasteiger partial charge in [-0.1, -0.05) is 24.6 Å². The van der Waals surface area contributed by atoms with E-state index in [1.54, 1.807) is 0 Å². The van der Waals surface area contributed by atoms with Gasteiger partial charge in [0.05, 0.1) is 11.6 Å². The zero-order chi connectivity index (χ0) is 15.7. The van der Waals surface area contributed by atoms with Gasteiger partial charge < -0.3 is 19.9 Å². The molecule has 0 spiro atoms. The molecule has 0 aliphatic carbocycles. The maximum Gasteiger partial charge on any atom is 0.138 e. The predicted octanol–water partition coefficient (Wildman–Crippen LogP) is 3.18. The highest BCUT2D eigenvalue weighted by Gasteiger charge is 2.10. The van der Waals surface area contributed by atoms with Crippen molar-refractivity contribution in [3.05, 3.63) is 28.8 Å². The predicted molar refractivity (Wildman–Crippen MR) is 86.2 cm³/mol. The quantitative estimate of drug-likeness (QED) is 0.696. The summed E-state index contributed by atoms with van der Waals surface area (Å²) in [5.41, 5.74) is 1.12. The van der Waals surface area contributed by atoms with Crippen LogP contribution in [-0.4, -0.2) is 37.6 Å². The number of benzene rings is 1. The van der Waals surface area contributed by atoms with Crippen molar-refractivity contribution < 1.29 is 14.6 Å². The number of rotatable bonds is 10. The first-order valence-electron chi connectivity index (χ1n) is 7.49. The van der Waals surface area contributed by atoms with Crippen molar-refractivity contribution in [3.63, 3.8) is 0 Å². The molecule has 1 rings (SSSR count). The van der Waals surface area contributed by atoms with E-state index >= 15 is 0 Å². The van der Waals surface area contributed by atoms with Crippen LogP contribution in [-0.2, 0) is 4.74 Å². The van der Waals surface area contributed by atoms with E-state index in [1.807, 2.05) is 25.1 Å². The standard InChI is InChI=1S/C16H26ClNO3/c1-4-8-18-12(3)13-6-7-16(15(17)9-13)21-11-14(19)10-20-5-2/h6-7,9,12,14,18-19H,4-5,8,10-11H2,1-3H3. The SMILES string of the molecule is CCCNC(C)c1ccc(OCC(O)COCC)c(Cl)c1. The highest BCUT2D eigenvalue weighted by atomic mass is 35.5. The molecule has 0 fully saturated rings. The minimum Gasteiger partial charge on any atom is -0.489 e. The van der Waals surface area contributed by atoms with Crippen LogP contribution in [0.15, 0.2) is 18.2 Å². The lowest BCUT2D eigenvalue weighted by Crippen LogP contribution is -2.23. The number of aliphatic hydroxyl groups excluding tert-OH is 1. The topological polar surface area (TPSA) is 50.7 Å². The zero-order valence-electron chi connectivity index (χ0n) is 13.1. The molecule has 4 nitrogen and oxygen atoms in total. The fourth-order valence-corrected chi connectivity index (χ4v) is 2.11. The fourth-order valence-electron chi connectivity index (χ4n) is 1.87. The van der Waals surface area contributed by atoms with Gasteiger partial charge in [-0.3, -0.25) is 0 Å². The normalized spacial score (nSPS) is 14.0. The van der Waals surface area contributed by atoms with Gasteiger partial charge in [0.25, 0.3) is 0 Å². The molecule has 1 aromatic carbocycles. The van der Waals surface area contributed by atoms with Crippen LogP contribution in [0.2, 0.25) is 5.02 Å². The molecule has 0 aliphatic heterocycles. The molecule has 2 atom stereocenters. The molecule has 21 heavy (non-hydrogen) atoms. The molecule has 0 saturated carbocycles. The second-order valence-corrected chi connectivity index (χ2v) is 5.40. The van der Waals surface area contributed by atoms with Gasteiger partial charge in [0.2, 0.25) is 0 Å². The molecule has 0 aliphatic rings. The summed E-state index contributed by atoms with van der Waals surface area (Å²) >= 11 is 6.23. The van der Waals surface area contributed by atoms with Gasteiger partial charge in [-0.2, -0.15) is 0 Å². The summed E-state index contributed by atoms with van der Waals surface area (Å²) in [6.07, 6.45) is 0.447. The molecule has 0 aromatic heterocycles. The molecule has 1 aromatic rings. The lowest BCUT2D eigenvalue weighted by atomic mass is 10.1. The molecule has 0 amide bonds. The Kier molecular flexibility index (Phi) is 8.69. The second kappa shape index (κ2) is 10.0. The maximum absolute atomic E-state index is 9.67. The Balaban J connectivity index is 2.53. The average Bonchev–Trinajstić information content (AvgIpc) is 2.49. The Morgan fingerprint density at radius 2 is 2.05 bits per heavy atom. The van der Waals surface area contributed by atoms with E-state index in [9.17, 15) is 5.11 Å².